The highest BCUT2D eigenvalue weighted by atomic mass is 32.2. The van der Waals surface area contributed by atoms with Gasteiger partial charge in [-0.15, -0.1) is 0 Å². The maximum absolute atomic E-state index is 14.0. The number of esters is 1. The number of methoxy groups -OCH3 is 4. The molecule has 2 aliphatic rings. The fourth-order valence-corrected chi connectivity index (χ4v) is 6.10. The van der Waals surface area contributed by atoms with Gasteiger partial charge in [0, 0.05) is 40.6 Å². The van der Waals surface area contributed by atoms with Gasteiger partial charge in [-0.3, -0.25) is 4.79 Å². The number of carbonyl (C=O) groups is 2. The van der Waals surface area contributed by atoms with E-state index in [1.807, 2.05) is 37.3 Å². The van der Waals surface area contributed by atoms with E-state index < -0.39 is 11.9 Å². The highest BCUT2D eigenvalue weighted by Gasteiger charge is 2.43. The molecule has 0 aromatic heterocycles. The second kappa shape index (κ2) is 13.2. The van der Waals surface area contributed by atoms with E-state index in [-0.39, 0.29) is 24.7 Å². The molecule has 1 N–H and O–H groups in total. The Kier molecular flexibility index (Phi) is 9.68. The number of dihydropyridines is 1. The number of ether oxygens (including phenoxy) is 5. The van der Waals surface area contributed by atoms with Gasteiger partial charge in [-0.2, -0.15) is 11.8 Å². The van der Waals surface area contributed by atoms with Gasteiger partial charge in [0.05, 0.1) is 39.9 Å². The molecule has 1 aliphatic carbocycles. The van der Waals surface area contributed by atoms with Crippen LogP contribution < -0.4 is 24.3 Å². The van der Waals surface area contributed by atoms with Crippen molar-refractivity contribution in [1.82, 2.24) is 5.32 Å². The van der Waals surface area contributed by atoms with Crippen LogP contribution in [0.4, 0.5) is 0 Å². The monoisotopic (exact) mass is 567 g/mol. The molecule has 214 valence electrons. The Hall–Kier alpha value is -3.59. The minimum Gasteiger partial charge on any atom is -0.496 e. The van der Waals surface area contributed by atoms with E-state index in [4.69, 9.17) is 23.7 Å². The highest BCUT2D eigenvalue weighted by Crippen LogP contribution is 2.51. The summed E-state index contributed by atoms with van der Waals surface area (Å²) in [5, 5.41) is 3.40. The number of thioether (sulfide) groups is 1. The van der Waals surface area contributed by atoms with Crippen molar-refractivity contribution in [3.63, 3.8) is 0 Å². The predicted octanol–water partition coefficient (Wildman–Crippen LogP) is 5.38. The summed E-state index contributed by atoms with van der Waals surface area (Å²) >= 11 is 1.70. The van der Waals surface area contributed by atoms with Gasteiger partial charge in [0.25, 0.3) is 0 Å². The van der Waals surface area contributed by atoms with Crippen molar-refractivity contribution in [3.8, 4) is 23.0 Å². The lowest BCUT2D eigenvalue weighted by Gasteiger charge is -2.37. The zero-order valence-electron chi connectivity index (χ0n) is 23.9. The number of ketones is 1. The van der Waals surface area contributed by atoms with Gasteiger partial charge in [0.1, 0.15) is 12.4 Å². The molecule has 8 nitrogen and oxygen atoms in total. The molecule has 4 rings (SSSR count). The summed E-state index contributed by atoms with van der Waals surface area (Å²) in [6.45, 7) is 4.18. The first-order valence-corrected chi connectivity index (χ1v) is 14.5. The normalized spacial score (nSPS) is 18.6. The topological polar surface area (TPSA) is 92.3 Å². The van der Waals surface area contributed by atoms with Crippen LogP contribution in [0.2, 0.25) is 0 Å². The number of rotatable bonds is 11. The molecule has 0 saturated heterocycles. The Bertz CT molecular complexity index is 1330. The molecule has 0 radical (unpaired) electrons. The second-order valence-electron chi connectivity index (χ2n) is 9.52. The smallest absolute Gasteiger partial charge is 0.336 e. The minimum absolute atomic E-state index is 0.0502. The first-order chi connectivity index (χ1) is 19.4. The van der Waals surface area contributed by atoms with Crippen LogP contribution in [0.3, 0.4) is 0 Å². The number of Topliss-reactive ketones (excluding diaryl/α,β-unsaturated/α-hetero) is 1. The molecule has 0 saturated carbocycles. The van der Waals surface area contributed by atoms with Crippen molar-refractivity contribution in [2.45, 2.75) is 38.5 Å². The number of allylic oxidation sites excluding steroid dienone is 3. The van der Waals surface area contributed by atoms with Crippen LogP contribution in [0, 0.1) is 0 Å². The molecule has 2 aromatic rings. The Balaban J connectivity index is 1.84. The lowest BCUT2D eigenvalue weighted by molar-refractivity contribution is -0.138. The van der Waals surface area contributed by atoms with E-state index in [2.05, 4.69) is 12.2 Å². The SMILES string of the molecule is CCSCCOC(=O)C1=C(C)NC2=C(C(=O)C[C@H](c3ccccc3OC)C2)[C@H]1c1ccc(OC)c(OC)c1OC. The van der Waals surface area contributed by atoms with E-state index in [0.29, 0.717) is 51.8 Å². The van der Waals surface area contributed by atoms with Gasteiger partial charge in [0.2, 0.25) is 5.75 Å². The van der Waals surface area contributed by atoms with Crippen LogP contribution in [0.5, 0.6) is 23.0 Å². The predicted molar refractivity (Wildman–Crippen MR) is 156 cm³/mol. The van der Waals surface area contributed by atoms with Gasteiger partial charge in [-0.1, -0.05) is 31.2 Å². The van der Waals surface area contributed by atoms with E-state index in [0.717, 1.165) is 22.8 Å². The molecule has 0 bridgehead atoms. The first-order valence-electron chi connectivity index (χ1n) is 13.3. The second-order valence-corrected chi connectivity index (χ2v) is 10.9. The van der Waals surface area contributed by atoms with Crippen molar-refractivity contribution < 1.29 is 33.3 Å². The summed E-state index contributed by atoms with van der Waals surface area (Å²) in [4.78, 5) is 27.6. The molecule has 2 atom stereocenters. The maximum Gasteiger partial charge on any atom is 0.336 e. The third-order valence-electron chi connectivity index (χ3n) is 7.34. The number of nitrogens with one attached hydrogen (secondary N) is 1. The molecule has 2 aromatic carbocycles. The van der Waals surface area contributed by atoms with Crippen LogP contribution in [-0.2, 0) is 14.3 Å². The lowest BCUT2D eigenvalue weighted by atomic mass is 9.71. The Morgan fingerprint density at radius 1 is 0.925 bits per heavy atom. The molecule has 9 heteroatoms. The summed E-state index contributed by atoms with van der Waals surface area (Å²) < 4.78 is 28.3. The fourth-order valence-electron chi connectivity index (χ4n) is 5.61. The number of para-hydroxylation sites is 1. The average molecular weight is 568 g/mol. The third-order valence-corrected chi connectivity index (χ3v) is 8.20. The molecule has 1 aliphatic heterocycles. The van der Waals surface area contributed by atoms with Crippen LogP contribution in [0.25, 0.3) is 0 Å². The van der Waals surface area contributed by atoms with Crippen LogP contribution in [0.15, 0.2) is 58.9 Å². The molecule has 0 fully saturated rings. The van der Waals surface area contributed by atoms with Crippen LogP contribution >= 0.6 is 11.8 Å². The van der Waals surface area contributed by atoms with Crippen molar-refractivity contribution >= 4 is 23.5 Å². The Labute approximate surface area is 240 Å². The third kappa shape index (κ3) is 5.66. The lowest BCUT2D eigenvalue weighted by Crippen LogP contribution is -2.36. The summed E-state index contributed by atoms with van der Waals surface area (Å²) in [5.41, 5.74) is 3.96. The van der Waals surface area contributed by atoms with Crippen molar-refractivity contribution in [2.24, 2.45) is 0 Å². The minimum atomic E-state index is -0.705. The molecule has 0 spiro atoms. The summed E-state index contributed by atoms with van der Waals surface area (Å²) in [7, 11) is 6.25. The molecular formula is C31H37NO7S. The average Bonchev–Trinajstić information content (AvgIpc) is 2.97. The van der Waals surface area contributed by atoms with Crippen molar-refractivity contribution in [1.29, 1.82) is 0 Å². The van der Waals surface area contributed by atoms with Gasteiger partial charge >= 0.3 is 5.97 Å². The molecular weight excluding hydrogens is 530 g/mol. The Morgan fingerprint density at radius 3 is 2.33 bits per heavy atom. The fraction of sp³-hybridized carbons (Fsp3) is 0.419. The zero-order chi connectivity index (χ0) is 28.8. The standard InChI is InChI=1S/C31H37NO7S/c1-7-40-15-14-39-31(34)26-18(2)32-22-16-19(20-10-8-9-11-24(20)35-3)17-23(33)28(22)27(26)21-12-13-25(36-4)30(38-6)29(21)37-5/h8-13,19,27,32H,7,14-17H2,1-6H3/t19-,27+/m1/s1. The van der Waals surface area contributed by atoms with Gasteiger partial charge in [0.15, 0.2) is 17.3 Å². The summed E-state index contributed by atoms with van der Waals surface area (Å²) in [6.07, 6.45) is 0.863. The summed E-state index contributed by atoms with van der Waals surface area (Å²) in [6, 6.07) is 11.4. The van der Waals surface area contributed by atoms with E-state index in [1.54, 1.807) is 32.0 Å². The summed E-state index contributed by atoms with van der Waals surface area (Å²) in [5.74, 6) is 2.37. The van der Waals surface area contributed by atoms with E-state index >= 15 is 0 Å². The quantitative estimate of drug-likeness (QED) is 0.284. The highest BCUT2D eigenvalue weighted by molar-refractivity contribution is 7.99. The van der Waals surface area contributed by atoms with E-state index in [9.17, 15) is 9.59 Å². The van der Waals surface area contributed by atoms with Crippen molar-refractivity contribution in [2.75, 3.05) is 46.6 Å². The van der Waals surface area contributed by atoms with Gasteiger partial charge < -0.3 is 29.0 Å². The number of hydrogen-bond donors (Lipinski definition) is 1. The molecule has 0 unspecified atom stereocenters. The van der Waals surface area contributed by atoms with Gasteiger partial charge in [-0.05, 0) is 36.8 Å². The van der Waals surface area contributed by atoms with Crippen LogP contribution in [-0.4, -0.2) is 58.3 Å². The van der Waals surface area contributed by atoms with Crippen molar-refractivity contribution in [3.05, 3.63) is 70.1 Å². The number of hydrogen-bond acceptors (Lipinski definition) is 9. The van der Waals surface area contributed by atoms with E-state index in [1.165, 1.54) is 14.2 Å². The van der Waals surface area contributed by atoms with Crippen LogP contribution in [0.1, 0.15) is 49.7 Å². The Morgan fingerprint density at radius 2 is 1.65 bits per heavy atom. The largest absolute Gasteiger partial charge is 0.496 e. The first kappa shape index (κ1) is 29.4. The molecule has 0 amide bonds. The van der Waals surface area contributed by atoms with Gasteiger partial charge in [-0.25, -0.2) is 4.79 Å². The number of benzene rings is 2. The molecule has 1 heterocycles. The zero-order valence-corrected chi connectivity index (χ0v) is 24.7. The molecule has 40 heavy (non-hydrogen) atoms. The maximum atomic E-state index is 14.0. The number of carbonyl (C=O) groups excluding carboxylic acids is 2.